The standard InChI is InChI=1S/C12H17N3O4/c1-19-7-6-14-11(17)3-5-15-12(18)9-2-4-13-8-10(9)16/h2,4,8,16H,3,5-7H2,1H3,(H,14,17)(H,15,18). The second kappa shape index (κ2) is 8.04. The number of amides is 2. The second-order valence-electron chi connectivity index (χ2n) is 3.74. The van der Waals surface area contributed by atoms with Gasteiger partial charge in [0, 0.05) is 32.8 Å². The number of rotatable bonds is 7. The molecule has 0 atom stereocenters. The topological polar surface area (TPSA) is 101 Å². The van der Waals surface area contributed by atoms with Crippen LogP contribution in [0, 0.1) is 0 Å². The molecule has 0 fully saturated rings. The van der Waals surface area contributed by atoms with Gasteiger partial charge in [-0.1, -0.05) is 0 Å². The van der Waals surface area contributed by atoms with Crippen LogP contribution in [-0.4, -0.2) is 48.7 Å². The summed E-state index contributed by atoms with van der Waals surface area (Å²) in [5.41, 5.74) is 0.134. The largest absolute Gasteiger partial charge is 0.505 e. The fraction of sp³-hybridized carbons (Fsp3) is 0.417. The average molecular weight is 267 g/mol. The third kappa shape index (κ3) is 5.35. The van der Waals surface area contributed by atoms with E-state index in [1.165, 1.54) is 18.5 Å². The summed E-state index contributed by atoms with van der Waals surface area (Å²) >= 11 is 0. The summed E-state index contributed by atoms with van der Waals surface area (Å²) in [6, 6.07) is 1.41. The number of pyridine rings is 1. The molecule has 1 aromatic rings. The van der Waals surface area contributed by atoms with Crippen molar-refractivity contribution in [3.05, 3.63) is 24.0 Å². The van der Waals surface area contributed by atoms with Gasteiger partial charge in [0.15, 0.2) is 0 Å². The highest BCUT2D eigenvalue weighted by Crippen LogP contribution is 2.12. The smallest absolute Gasteiger partial charge is 0.255 e. The number of hydrogen-bond acceptors (Lipinski definition) is 5. The van der Waals surface area contributed by atoms with Crippen molar-refractivity contribution in [2.24, 2.45) is 0 Å². The summed E-state index contributed by atoms with van der Waals surface area (Å²) < 4.78 is 4.79. The van der Waals surface area contributed by atoms with E-state index in [0.717, 1.165) is 0 Å². The zero-order chi connectivity index (χ0) is 14.1. The Morgan fingerprint density at radius 2 is 2.16 bits per heavy atom. The molecule has 19 heavy (non-hydrogen) atoms. The van der Waals surface area contributed by atoms with E-state index in [1.807, 2.05) is 0 Å². The molecule has 0 aliphatic carbocycles. The average Bonchev–Trinajstić information content (AvgIpc) is 2.39. The van der Waals surface area contributed by atoms with Crippen molar-refractivity contribution in [2.75, 3.05) is 26.8 Å². The number of aromatic nitrogens is 1. The molecule has 0 spiro atoms. The number of hydrogen-bond donors (Lipinski definition) is 3. The molecule has 0 aliphatic heterocycles. The Hall–Kier alpha value is -2.15. The number of aromatic hydroxyl groups is 1. The van der Waals surface area contributed by atoms with Crippen molar-refractivity contribution in [1.29, 1.82) is 0 Å². The Labute approximate surface area is 111 Å². The van der Waals surface area contributed by atoms with Crippen molar-refractivity contribution in [3.63, 3.8) is 0 Å². The quantitative estimate of drug-likeness (QED) is 0.587. The van der Waals surface area contributed by atoms with E-state index in [9.17, 15) is 14.7 Å². The molecule has 0 unspecified atom stereocenters. The zero-order valence-corrected chi connectivity index (χ0v) is 10.7. The van der Waals surface area contributed by atoms with E-state index in [0.29, 0.717) is 13.2 Å². The van der Waals surface area contributed by atoms with Gasteiger partial charge in [-0.2, -0.15) is 0 Å². The predicted octanol–water partition coefficient (Wildman–Crippen LogP) is -0.330. The fourth-order valence-electron chi connectivity index (χ4n) is 1.34. The van der Waals surface area contributed by atoms with E-state index in [2.05, 4.69) is 15.6 Å². The normalized spacial score (nSPS) is 9.95. The molecule has 7 heteroatoms. The Morgan fingerprint density at radius 3 is 2.84 bits per heavy atom. The number of ether oxygens (including phenoxy) is 1. The molecule has 1 rings (SSSR count). The lowest BCUT2D eigenvalue weighted by atomic mass is 10.2. The van der Waals surface area contributed by atoms with Gasteiger partial charge in [0.1, 0.15) is 5.75 Å². The highest BCUT2D eigenvalue weighted by molar-refractivity contribution is 5.96. The van der Waals surface area contributed by atoms with Gasteiger partial charge in [0.2, 0.25) is 5.91 Å². The van der Waals surface area contributed by atoms with Crippen LogP contribution in [0.3, 0.4) is 0 Å². The molecule has 104 valence electrons. The molecule has 0 aromatic carbocycles. The minimum Gasteiger partial charge on any atom is -0.505 e. The summed E-state index contributed by atoms with van der Waals surface area (Å²) in [5.74, 6) is -0.801. The van der Waals surface area contributed by atoms with E-state index in [-0.39, 0.29) is 30.2 Å². The summed E-state index contributed by atoms with van der Waals surface area (Å²) in [5, 5.41) is 14.6. The van der Waals surface area contributed by atoms with Gasteiger partial charge >= 0.3 is 0 Å². The zero-order valence-electron chi connectivity index (χ0n) is 10.7. The van der Waals surface area contributed by atoms with Crippen LogP contribution in [0.25, 0.3) is 0 Å². The van der Waals surface area contributed by atoms with Crippen LogP contribution in [0.15, 0.2) is 18.5 Å². The van der Waals surface area contributed by atoms with E-state index < -0.39 is 5.91 Å². The molecule has 1 aromatic heterocycles. The number of methoxy groups -OCH3 is 1. The predicted molar refractivity (Wildman–Crippen MR) is 67.7 cm³/mol. The molecular weight excluding hydrogens is 250 g/mol. The first-order chi connectivity index (χ1) is 9.15. The highest BCUT2D eigenvalue weighted by Gasteiger charge is 2.10. The molecule has 1 heterocycles. The monoisotopic (exact) mass is 267 g/mol. The Balaban J connectivity index is 2.28. The van der Waals surface area contributed by atoms with Gasteiger partial charge in [-0.25, -0.2) is 0 Å². The number of nitrogens with zero attached hydrogens (tertiary/aromatic N) is 1. The fourth-order valence-corrected chi connectivity index (χ4v) is 1.34. The highest BCUT2D eigenvalue weighted by atomic mass is 16.5. The summed E-state index contributed by atoms with van der Waals surface area (Å²) in [6.45, 7) is 1.08. The third-order valence-corrected chi connectivity index (χ3v) is 2.31. The van der Waals surface area contributed by atoms with Crippen molar-refractivity contribution in [1.82, 2.24) is 15.6 Å². The summed E-state index contributed by atoms with van der Waals surface area (Å²) in [6.07, 6.45) is 2.76. The van der Waals surface area contributed by atoms with Gasteiger partial charge < -0.3 is 20.5 Å². The lowest BCUT2D eigenvalue weighted by molar-refractivity contribution is -0.121. The van der Waals surface area contributed by atoms with Gasteiger partial charge in [0.05, 0.1) is 18.4 Å². The lowest BCUT2D eigenvalue weighted by Crippen LogP contribution is -2.32. The molecule has 7 nitrogen and oxygen atoms in total. The molecule has 0 aliphatic rings. The molecule has 3 N–H and O–H groups in total. The lowest BCUT2D eigenvalue weighted by Gasteiger charge is -2.07. The van der Waals surface area contributed by atoms with Crippen LogP contribution in [0.5, 0.6) is 5.75 Å². The van der Waals surface area contributed by atoms with Gasteiger partial charge in [-0.05, 0) is 6.07 Å². The summed E-state index contributed by atoms with van der Waals surface area (Å²) in [7, 11) is 1.55. The Bertz CT molecular complexity index is 437. The van der Waals surface area contributed by atoms with Gasteiger partial charge in [0.25, 0.3) is 5.91 Å². The maximum atomic E-state index is 11.7. The van der Waals surface area contributed by atoms with Crippen LogP contribution in [0.2, 0.25) is 0 Å². The first-order valence-electron chi connectivity index (χ1n) is 5.82. The van der Waals surface area contributed by atoms with Crippen LogP contribution < -0.4 is 10.6 Å². The first kappa shape index (κ1) is 14.9. The van der Waals surface area contributed by atoms with E-state index >= 15 is 0 Å². The van der Waals surface area contributed by atoms with Crippen molar-refractivity contribution in [2.45, 2.75) is 6.42 Å². The molecule has 2 amide bonds. The van der Waals surface area contributed by atoms with E-state index in [1.54, 1.807) is 7.11 Å². The van der Waals surface area contributed by atoms with Crippen LogP contribution in [0.4, 0.5) is 0 Å². The number of carbonyl (C=O) groups excluding carboxylic acids is 2. The maximum Gasteiger partial charge on any atom is 0.255 e. The molecule has 0 bridgehead atoms. The van der Waals surface area contributed by atoms with E-state index in [4.69, 9.17) is 4.74 Å². The molecule has 0 saturated heterocycles. The molecule has 0 radical (unpaired) electrons. The van der Waals surface area contributed by atoms with Crippen molar-refractivity contribution < 1.29 is 19.4 Å². The number of nitrogens with one attached hydrogen (secondary N) is 2. The Morgan fingerprint density at radius 1 is 1.37 bits per heavy atom. The number of carbonyl (C=O) groups is 2. The van der Waals surface area contributed by atoms with Gasteiger partial charge in [-0.3, -0.25) is 14.6 Å². The van der Waals surface area contributed by atoms with Gasteiger partial charge in [-0.15, -0.1) is 0 Å². The second-order valence-corrected chi connectivity index (χ2v) is 3.74. The van der Waals surface area contributed by atoms with Crippen LogP contribution in [0.1, 0.15) is 16.8 Å². The van der Waals surface area contributed by atoms with Crippen LogP contribution in [-0.2, 0) is 9.53 Å². The maximum absolute atomic E-state index is 11.7. The molecule has 0 saturated carbocycles. The van der Waals surface area contributed by atoms with Crippen molar-refractivity contribution >= 4 is 11.8 Å². The minimum absolute atomic E-state index is 0.134. The van der Waals surface area contributed by atoms with Crippen molar-refractivity contribution in [3.8, 4) is 5.75 Å². The Kier molecular flexibility index (Phi) is 6.31. The minimum atomic E-state index is -0.440. The third-order valence-electron chi connectivity index (χ3n) is 2.31. The first-order valence-corrected chi connectivity index (χ1v) is 5.82. The molecular formula is C12H17N3O4. The summed E-state index contributed by atoms with van der Waals surface area (Å²) in [4.78, 5) is 26.7. The van der Waals surface area contributed by atoms with Crippen LogP contribution >= 0.6 is 0 Å². The SMILES string of the molecule is COCCNC(=O)CCNC(=O)c1ccncc1O.